The van der Waals surface area contributed by atoms with Gasteiger partial charge in [-0.25, -0.2) is 4.99 Å². The number of ketones is 1. The third-order valence-corrected chi connectivity index (χ3v) is 4.80. The number of anilines is 1. The molecule has 0 aliphatic heterocycles. The first kappa shape index (κ1) is 27.6. The van der Waals surface area contributed by atoms with Gasteiger partial charge < -0.3 is 5.32 Å². The van der Waals surface area contributed by atoms with Crippen molar-refractivity contribution < 1.29 is 4.79 Å². The quantitative estimate of drug-likeness (QED) is 0.185. The number of aliphatic imine (C=N–C) groups is 1. The molecule has 2 aromatic rings. The third-order valence-electron chi connectivity index (χ3n) is 4.55. The van der Waals surface area contributed by atoms with Crippen molar-refractivity contribution in [2.24, 2.45) is 4.99 Å². The maximum absolute atomic E-state index is 11.3. The molecule has 2 rings (SSSR count). The van der Waals surface area contributed by atoms with Crippen LogP contribution in [0.15, 0.2) is 109 Å². The van der Waals surface area contributed by atoms with Crippen molar-refractivity contribution in [2.45, 2.75) is 34.1 Å². The van der Waals surface area contributed by atoms with Gasteiger partial charge in [-0.15, -0.1) is 0 Å². The van der Waals surface area contributed by atoms with Crippen molar-refractivity contribution in [3.63, 3.8) is 0 Å². The summed E-state index contributed by atoms with van der Waals surface area (Å²) in [6.07, 6.45) is 12.6. The van der Waals surface area contributed by atoms with Gasteiger partial charge in [-0.1, -0.05) is 79.8 Å². The van der Waals surface area contributed by atoms with Crippen LogP contribution >= 0.6 is 11.6 Å². The molecule has 0 unspecified atom stereocenters. The van der Waals surface area contributed by atoms with Crippen LogP contribution in [0.5, 0.6) is 0 Å². The second-order valence-corrected chi connectivity index (χ2v) is 7.50. The van der Waals surface area contributed by atoms with Gasteiger partial charge in [0.05, 0.1) is 5.70 Å². The molecule has 1 N–H and O–H groups in total. The van der Waals surface area contributed by atoms with Crippen molar-refractivity contribution >= 4 is 34.6 Å². The van der Waals surface area contributed by atoms with Crippen LogP contribution in [-0.2, 0) is 0 Å². The van der Waals surface area contributed by atoms with Gasteiger partial charge >= 0.3 is 0 Å². The molecule has 0 aliphatic rings. The second-order valence-electron chi connectivity index (χ2n) is 7.06. The fourth-order valence-electron chi connectivity index (χ4n) is 2.75. The van der Waals surface area contributed by atoms with Gasteiger partial charge in [0, 0.05) is 21.8 Å². The Hall–Kier alpha value is -3.43. The average Bonchev–Trinajstić information content (AvgIpc) is 2.81. The molecule has 0 saturated carbocycles. The highest BCUT2D eigenvalue weighted by atomic mass is 35.5. The van der Waals surface area contributed by atoms with Gasteiger partial charge in [0.2, 0.25) is 0 Å². The van der Waals surface area contributed by atoms with Gasteiger partial charge in [-0.05, 0) is 69.7 Å². The lowest BCUT2D eigenvalue weighted by Crippen LogP contribution is -2.07. The number of carbonyl (C=O) groups is 1. The Kier molecular flexibility index (Phi) is 12.9. The fourth-order valence-corrected chi connectivity index (χ4v) is 2.87. The molecule has 2 aromatic carbocycles. The number of nitrogens with one attached hydrogen (secondary N) is 1. The lowest BCUT2D eigenvalue weighted by atomic mass is 10.1. The number of allylic oxidation sites excluding steroid dienone is 7. The fraction of sp³-hybridized carbons (Fsp3) is 0.172. The lowest BCUT2D eigenvalue weighted by molar-refractivity contribution is 0.101. The molecule has 0 fully saturated rings. The molecule has 33 heavy (non-hydrogen) atoms. The van der Waals surface area contributed by atoms with Crippen LogP contribution in [0.3, 0.4) is 0 Å². The Labute approximate surface area is 203 Å². The molecule has 0 amide bonds. The Morgan fingerprint density at radius 1 is 1.00 bits per heavy atom. The van der Waals surface area contributed by atoms with E-state index in [9.17, 15) is 4.79 Å². The van der Waals surface area contributed by atoms with Crippen LogP contribution in [0.25, 0.3) is 5.70 Å². The molecule has 0 bridgehead atoms. The topological polar surface area (TPSA) is 41.5 Å². The highest BCUT2D eigenvalue weighted by Crippen LogP contribution is 2.20. The number of hydrogen-bond donors (Lipinski definition) is 1. The van der Waals surface area contributed by atoms with Crippen molar-refractivity contribution in [1.82, 2.24) is 0 Å². The van der Waals surface area contributed by atoms with Gasteiger partial charge in [-0.3, -0.25) is 4.79 Å². The largest absolute Gasteiger partial charge is 0.344 e. The van der Waals surface area contributed by atoms with E-state index in [2.05, 4.69) is 42.5 Å². The molecule has 0 atom stereocenters. The first-order valence-corrected chi connectivity index (χ1v) is 11.2. The Bertz CT molecular complexity index is 1040. The SMILES string of the molecule is C=C/C=C(\N=C(C)Nc1ccc(C(C)=O)cc1)c1ccc(Cl)cc1.C=C/C=C\C(=C/C)CC. The zero-order chi connectivity index (χ0) is 24.6. The minimum Gasteiger partial charge on any atom is -0.344 e. The summed E-state index contributed by atoms with van der Waals surface area (Å²) in [5.74, 6) is 0.777. The highest BCUT2D eigenvalue weighted by Gasteiger charge is 2.03. The molecule has 0 radical (unpaired) electrons. The van der Waals surface area contributed by atoms with E-state index in [1.807, 2.05) is 62.4 Å². The number of nitrogens with zero attached hydrogens (tertiary/aromatic N) is 1. The van der Waals surface area contributed by atoms with E-state index in [-0.39, 0.29) is 5.78 Å². The maximum Gasteiger partial charge on any atom is 0.159 e. The molecule has 0 saturated heterocycles. The summed E-state index contributed by atoms with van der Waals surface area (Å²) in [6, 6.07) is 14.8. The minimum atomic E-state index is 0.0471. The number of rotatable bonds is 8. The molecule has 0 heterocycles. The molecule has 3 nitrogen and oxygen atoms in total. The summed E-state index contributed by atoms with van der Waals surface area (Å²) in [5.41, 5.74) is 4.65. The van der Waals surface area contributed by atoms with Crippen LogP contribution in [0.1, 0.15) is 50.0 Å². The van der Waals surface area contributed by atoms with E-state index in [4.69, 9.17) is 11.6 Å². The first-order chi connectivity index (χ1) is 15.8. The van der Waals surface area contributed by atoms with Crippen LogP contribution in [0, 0.1) is 0 Å². The highest BCUT2D eigenvalue weighted by molar-refractivity contribution is 6.30. The summed E-state index contributed by atoms with van der Waals surface area (Å²) >= 11 is 5.93. The minimum absolute atomic E-state index is 0.0471. The number of halogens is 1. The molecule has 4 heteroatoms. The monoisotopic (exact) mass is 460 g/mol. The number of hydrogen-bond acceptors (Lipinski definition) is 2. The summed E-state index contributed by atoms with van der Waals surface area (Å²) in [7, 11) is 0. The van der Waals surface area contributed by atoms with Crippen molar-refractivity contribution in [3.8, 4) is 0 Å². The number of Topliss-reactive ketones (excluding diaryl/α,β-unsaturated/α-hetero) is 1. The number of carbonyl (C=O) groups excluding carboxylic acids is 1. The predicted octanol–water partition coefficient (Wildman–Crippen LogP) is 8.68. The average molecular weight is 461 g/mol. The zero-order valence-corrected chi connectivity index (χ0v) is 20.7. The van der Waals surface area contributed by atoms with E-state index >= 15 is 0 Å². The van der Waals surface area contributed by atoms with Crippen LogP contribution in [0.4, 0.5) is 5.69 Å². The standard InChI is InChI=1S/C20H19ClN2O.C9H14/c1-4-5-20(17-6-10-18(21)11-7-17)23-15(3)22-19-12-8-16(9-13-19)14(2)24;1-4-7-8-9(5-2)6-3/h4-13H,1H2,2-3H3,(H,22,23);4-5,7-8H,1,6H2,2-3H3/b20-5-;8-7-,9-5-. The summed E-state index contributed by atoms with van der Waals surface area (Å²) in [5, 5.41) is 3.90. The molecule has 0 spiro atoms. The second kappa shape index (κ2) is 15.4. The van der Waals surface area contributed by atoms with E-state index in [1.54, 1.807) is 31.2 Å². The Balaban J connectivity index is 0.000000513. The Morgan fingerprint density at radius 2 is 1.61 bits per heavy atom. The number of benzene rings is 2. The molecular formula is C29H33ClN2O. The van der Waals surface area contributed by atoms with E-state index in [0.29, 0.717) is 10.6 Å². The van der Waals surface area contributed by atoms with Gasteiger partial charge in [0.1, 0.15) is 5.84 Å². The van der Waals surface area contributed by atoms with Crippen LogP contribution in [0.2, 0.25) is 5.02 Å². The summed E-state index contributed by atoms with van der Waals surface area (Å²) in [6.45, 7) is 14.9. The number of amidine groups is 1. The Morgan fingerprint density at radius 3 is 2.09 bits per heavy atom. The van der Waals surface area contributed by atoms with E-state index in [0.717, 1.165) is 29.2 Å². The van der Waals surface area contributed by atoms with E-state index < -0.39 is 0 Å². The van der Waals surface area contributed by atoms with Gasteiger partial charge in [-0.2, -0.15) is 0 Å². The predicted molar refractivity (Wildman–Crippen MR) is 146 cm³/mol. The van der Waals surface area contributed by atoms with E-state index in [1.165, 1.54) is 5.57 Å². The normalized spacial score (nSPS) is 12.1. The van der Waals surface area contributed by atoms with Gasteiger partial charge in [0.15, 0.2) is 5.78 Å². The van der Waals surface area contributed by atoms with Crippen molar-refractivity contribution in [3.05, 3.63) is 120 Å². The maximum atomic E-state index is 11.3. The summed E-state index contributed by atoms with van der Waals surface area (Å²) < 4.78 is 0. The van der Waals surface area contributed by atoms with Gasteiger partial charge in [0.25, 0.3) is 0 Å². The lowest BCUT2D eigenvalue weighted by Gasteiger charge is -2.08. The van der Waals surface area contributed by atoms with Crippen LogP contribution < -0.4 is 5.32 Å². The molecular weight excluding hydrogens is 428 g/mol. The molecule has 172 valence electrons. The third kappa shape index (κ3) is 10.6. The molecule has 0 aliphatic carbocycles. The molecule has 0 aromatic heterocycles. The smallest absolute Gasteiger partial charge is 0.159 e. The van der Waals surface area contributed by atoms with Crippen molar-refractivity contribution in [2.75, 3.05) is 5.32 Å². The summed E-state index contributed by atoms with van der Waals surface area (Å²) in [4.78, 5) is 15.9. The van der Waals surface area contributed by atoms with Crippen molar-refractivity contribution in [1.29, 1.82) is 0 Å². The van der Waals surface area contributed by atoms with Crippen LogP contribution in [-0.4, -0.2) is 11.6 Å². The zero-order valence-electron chi connectivity index (χ0n) is 19.9. The first-order valence-electron chi connectivity index (χ1n) is 10.8.